The maximum absolute atomic E-state index is 13.9. The number of carbonyl (C=O) groups excluding carboxylic acids is 1. The van der Waals surface area contributed by atoms with Crippen LogP contribution in [0.2, 0.25) is 0 Å². The number of hydrogen-bond acceptors (Lipinski definition) is 3. The molecule has 1 saturated carbocycles. The molecular weight excluding hydrogens is 454 g/mol. The van der Waals surface area contributed by atoms with Gasteiger partial charge in [0.15, 0.2) is 17.4 Å². The van der Waals surface area contributed by atoms with E-state index in [1.807, 2.05) is 26.0 Å². The highest BCUT2D eigenvalue weighted by atomic mass is 19.3. The number of ether oxygens (including phenoxy) is 1. The van der Waals surface area contributed by atoms with E-state index in [2.05, 4.69) is 10.1 Å². The predicted molar refractivity (Wildman–Crippen MR) is 118 cm³/mol. The minimum Gasteiger partial charge on any atom is -0.481 e. The number of benzene rings is 2. The second-order valence-electron chi connectivity index (χ2n) is 9.28. The van der Waals surface area contributed by atoms with Crippen molar-refractivity contribution < 1.29 is 37.0 Å². The molecule has 0 aromatic heterocycles. The largest absolute Gasteiger partial charge is 0.481 e. The highest BCUT2D eigenvalue weighted by molar-refractivity contribution is 6.00. The van der Waals surface area contributed by atoms with Crippen LogP contribution in [0.5, 0.6) is 5.75 Å². The first-order valence-corrected chi connectivity index (χ1v) is 11.0. The van der Waals surface area contributed by atoms with Crippen molar-refractivity contribution in [2.75, 3.05) is 5.32 Å². The van der Waals surface area contributed by atoms with Crippen molar-refractivity contribution in [2.45, 2.75) is 64.4 Å². The van der Waals surface area contributed by atoms with Gasteiger partial charge < -0.3 is 15.2 Å². The molecule has 2 aromatic rings. The van der Waals surface area contributed by atoms with Crippen molar-refractivity contribution in [2.24, 2.45) is 5.41 Å². The Bertz CT molecular complexity index is 1080. The highest BCUT2D eigenvalue weighted by Gasteiger charge is 2.50. The smallest absolute Gasteiger partial charge is 0.387 e. The lowest BCUT2D eigenvalue weighted by Crippen LogP contribution is -2.47. The lowest BCUT2D eigenvalue weighted by Gasteiger charge is -2.43. The molecule has 1 fully saturated rings. The Labute approximate surface area is 195 Å². The molecular formula is C25H27F4NO4. The Balaban J connectivity index is 2.08. The number of aliphatic carboxylic acids is 1. The van der Waals surface area contributed by atoms with Crippen LogP contribution < -0.4 is 10.1 Å². The van der Waals surface area contributed by atoms with Crippen LogP contribution in [0.15, 0.2) is 36.4 Å². The molecule has 2 N–H and O–H groups in total. The lowest BCUT2D eigenvalue weighted by atomic mass is 9.60. The third-order valence-electron chi connectivity index (χ3n) is 6.74. The monoisotopic (exact) mass is 481 g/mol. The average molecular weight is 481 g/mol. The summed E-state index contributed by atoms with van der Waals surface area (Å²) >= 11 is 0. The van der Waals surface area contributed by atoms with Gasteiger partial charge >= 0.3 is 12.6 Å². The summed E-state index contributed by atoms with van der Waals surface area (Å²) in [6, 6.07) is 8.32. The third-order valence-corrected chi connectivity index (χ3v) is 6.74. The number of hydrogen-bond donors (Lipinski definition) is 2. The Morgan fingerprint density at radius 3 is 2.18 bits per heavy atom. The van der Waals surface area contributed by atoms with Gasteiger partial charge in [0, 0.05) is 12.1 Å². The van der Waals surface area contributed by atoms with E-state index in [4.69, 9.17) is 0 Å². The molecule has 9 heteroatoms. The van der Waals surface area contributed by atoms with Crippen LogP contribution in [0.1, 0.15) is 63.5 Å². The molecule has 0 heterocycles. The predicted octanol–water partition coefficient (Wildman–Crippen LogP) is 6.23. The van der Waals surface area contributed by atoms with E-state index in [-0.39, 0.29) is 31.6 Å². The number of anilines is 1. The van der Waals surface area contributed by atoms with Crippen molar-refractivity contribution in [1.29, 1.82) is 0 Å². The van der Waals surface area contributed by atoms with Crippen LogP contribution in [0.3, 0.4) is 0 Å². The van der Waals surface area contributed by atoms with Crippen molar-refractivity contribution in [1.82, 2.24) is 0 Å². The number of alkyl halides is 2. The lowest BCUT2D eigenvalue weighted by molar-refractivity contribution is -0.151. The molecule has 0 radical (unpaired) electrons. The van der Waals surface area contributed by atoms with Crippen molar-refractivity contribution in [3.05, 3.63) is 59.2 Å². The molecule has 5 nitrogen and oxygen atoms in total. The third kappa shape index (κ3) is 4.88. The summed E-state index contributed by atoms with van der Waals surface area (Å²) in [5.74, 6) is -5.00. The van der Waals surface area contributed by atoms with Crippen molar-refractivity contribution in [3.8, 4) is 5.75 Å². The van der Waals surface area contributed by atoms with Crippen LogP contribution in [0.4, 0.5) is 23.2 Å². The van der Waals surface area contributed by atoms with E-state index in [1.54, 1.807) is 19.1 Å². The molecule has 184 valence electrons. The fourth-order valence-corrected chi connectivity index (χ4v) is 4.56. The number of rotatable bonds is 7. The van der Waals surface area contributed by atoms with Gasteiger partial charge in [-0.15, -0.1) is 0 Å². The molecule has 0 atom stereocenters. The van der Waals surface area contributed by atoms with Crippen molar-refractivity contribution in [3.63, 3.8) is 0 Å². The fourth-order valence-electron chi connectivity index (χ4n) is 4.56. The molecule has 0 bridgehead atoms. The second kappa shape index (κ2) is 9.64. The summed E-state index contributed by atoms with van der Waals surface area (Å²) in [5, 5.41) is 12.1. The zero-order valence-electron chi connectivity index (χ0n) is 19.1. The van der Waals surface area contributed by atoms with E-state index in [0.717, 1.165) is 5.56 Å². The number of carbonyl (C=O) groups is 2. The minimum absolute atomic E-state index is 0.0367. The van der Waals surface area contributed by atoms with Crippen LogP contribution >= 0.6 is 0 Å². The summed E-state index contributed by atoms with van der Waals surface area (Å²) in [7, 11) is 0. The number of nitrogens with one attached hydrogen (secondary N) is 1. The fraction of sp³-hybridized carbons (Fsp3) is 0.440. The summed E-state index contributed by atoms with van der Waals surface area (Å²) < 4.78 is 57.6. The first-order valence-electron chi connectivity index (χ1n) is 11.0. The summed E-state index contributed by atoms with van der Waals surface area (Å²) in [6.07, 6.45) is 0.723. The molecule has 0 saturated heterocycles. The summed E-state index contributed by atoms with van der Waals surface area (Å²) in [5.41, 5.74) is -1.09. The van der Waals surface area contributed by atoms with Gasteiger partial charge in [-0.1, -0.05) is 38.1 Å². The van der Waals surface area contributed by atoms with E-state index >= 15 is 0 Å². The number of carboxylic acids is 1. The van der Waals surface area contributed by atoms with E-state index < -0.39 is 52.4 Å². The Morgan fingerprint density at radius 1 is 1.03 bits per heavy atom. The summed E-state index contributed by atoms with van der Waals surface area (Å²) in [4.78, 5) is 25.6. The van der Waals surface area contributed by atoms with Gasteiger partial charge in [0.1, 0.15) is 0 Å². The normalized spacial score (nSPS) is 22.6. The van der Waals surface area contributed by atoms with Gasteiger partial charge in [-0.05, 0) is 49.7 Å². The van der Waals surface area contributed by atoms with Crippen LogP contribution in [-0.2, 0) is 15.0 Å². The van der Waals surface area contributed by atoms with Crippen LogP contribution in [0.25, 0.3) is 0 Å². The molecule has 1 aliphatic carbocycles. The molecule has 0 unspecified atom stereocenters. The molecule has 3 rings (SSSR count). The quantitative estimate of drug-likeness (QED) is 0.460. The maximum atomic E-state index is 13.9. The van der Waals surface area contributed by atoms with Crippen molar-refractivity contribution >= 4 is 17.6 Å². The zero-order chi connectivity index (χ0) is 25.3. The topological polar surface area (TPSA) is 75.6 Å². The number of amides is 1. The minimum atomic E-state index is -3.32. The van der Waals surface area contributed by atoms with Crippen LogP contribution in [-0.4, -0.2) is 23.6 Å². The van der Waals surface area contributed by atoms with E-state index in [0.29, 0.717) is 17.7 Å². The van der Waals surface area contributed by atoms with Crippen LogP contribution in [0, 0.1) is 17.0 Å². The zero-order valence-corrected chi connectivity index (χ0v) is 19.1. The maximum Gasteiger partial charge on any atom is 0.387 e. The molecule has 1 aliphatic rings. The summed E-state index contributed by atoms with van der Waals surface area (Å²) in [6.45, 7) is 2.22. The molecule has 34 heavy (non-hydrogen) atoms. The molecule has 0 aliphatic heterocycles. The molecule has 0 spiro atoms. The van der Waals surface area contributed by atoms with Gasteiger partial charge in [0.2, 0.25) is 5.91 Å². The Morgan fingerprint density at radius 2 is 1.62 bits per heavy atom. The number of halogens is 4. The number of carboxylic acid groups (broad SMARTS) is 1. The standard InChI is InChI=1S/C25H27F4NO4/c1-14(2)15-6-4-5-7-16(15)25(10-8-24(3,9-11-25)22(32)33)21(31)30-19-12-17(26)18(27)13-20(19)34-23(28)29/h4-7,12-14,23H,8-11H2,1-3H3,(H,30,31)(H,32,33). The van der Waals surface area contributed by atoms with E-state index in [9.17, 15) is 32.3 Å². The van der Waals surface area contributed by atoms with E-state index in [1.165, 1.54) is 0 Å². The highest BCUT2D eigenvalue weighted by Crippen LogP contribution is 2.49. The molecule has 2 aromatic carbocycles. The Hall–Kier alpha value is -3.10. The van der Waals surface area contributed by atoms with Gasteiger partial charge in [0.25, 0.3) is 0 Å². The SMILES string of the molecule is CC(C)c1ccccc1C1(C(=O)Nc2cc(F)c(F)cc2OC(F)F)CCC(C)(C(=O)O)CC1. The first kappa shape index (κ1) is 25.5. The average Bonchev–Trinajstić information content (AvgIpc) is 2.77. The Kier molecular flexibility index (Phi) is 7.24. The van der Waals surface area contributed by atoms with Gasteiger partial charge in [-0.25, -0.2) is 8.78 Å². The van der Waals surface area contributed by atoms with Gasteiger partial charge in [0.05, 0.1) is 16.5 Å². The first-order chi connectivity index (χ1) is 15.9. The molecule has 1 amide bonds. The van der Waals surface area contributed by atoms with Gasteiger partial charge in [-0.2, -0.15) is 8.78 Å². The van der Waals surface area contributed by atoms with Gasteiger partial charge in [-0.3, -0.25) is 9.59 Å². The second-order valence-corrected chi connectivity index (χ2v) is 9.28.